The van der Waals surface area contributed by atoms with Gasteiger partial charge >= 0.3 is 0 Å². The first kappa shape index (κ1) is 29.4. The van der Waals surface area contributed by atoms with Gasteiger partial charge in [0.1, 0.15) is 0 Å². The van der Waals surface area contributed by atoms with Crippen LogP contribution in [0.25, 0.3) is 6.08 Å². The molecule has 0 saturated carbocycles. The topological polar surface area (TPSA) is 111 Å². The Bertz CT molecular complexity index is 1850. The zero-order valence-corrected chi connectivity index (χ0v) is 24.8. The smallest absolute Gasteiger partial charge is 0.269 e. The summed E-state index contributed by atoms with van der Waals surface area (Å²) in [5.74, 6) is 0.457. The summed E-state index contributed by atoms with van der Waals surface area (Å²) < 4.78 is 10.9. The molecular formula is C36H31N3O6. The minimum atomic E-state index is -0.914. The van der Waals surface area contributed by atoms with Crippen molar-refractivity contribution in [3.8, 4) is 11.5 Å². The molecule has 0 saturated heterocycles. The number of nitrogens with one attached hydrogen (secondary N) is 1. The van der Waals surface area contributed by atoms with Crippen LogP contribution in [0.1, 0.15) is 41.5 Å². The Morgan fingerprint density at radius 1 is 0.889 bits per heavy atom. The average molecular weight is 602 g/mol. The number of ether oxygens (including phenoxy) is 2. The summed E-state index contributed by atoms with van der Waals surface area (Å²) in [6, 6.07) is 27.7. The van der Waals surface area contributed by atoms with Crippen LogP contribution in [0.5, 0.6) is 11.5 Å². The second-order valence-corrected chi connectivity index (χ2v) is 10.9. The fourth-order valence-corrected chi connectivity index (χ4v) is 6.11. The molecule has 4 aromatic carbocycles. The lowest BCUT2D eigenvalue weighted by atomic mass is 9.78. The molecule has 45 heavy (non-hydrogen) atoms. The van der Waals surface area contributed by atoms with E-state index in [1.807, 2.05) is 72.8 Å². The van der Waals surface area contributed by atoms with Crippen LogP contribution in [0.4, 0.5) is 17.1 Å². The van der Waals surface area contributed by atoms with Gasteiger partial charge in [-0.05, 0) is 59.4 Å². The van der Waals surface area contributed by atoms with Gasteiger partial charge in [0, 0.05) is 35.9 Å². The quantitative estimate of drug-likeness (QED) is 0.135. The number of Topliss-reactive ketones (excluding diaryl/α,β-unsaturated/α-hetero) is 1. The monoisotopic (exact) mass is 601 g/mol. The number of fused-ring (bicyclic) bond motifs is 1. The molecule has 1 amide bonds. The molecule has 0 fully saturated rings. The summed E-state index contributed by atoms with van der Waals surface area (Å²) in [6.45, 7) is 0. The second kappa shape index (κ2) is 12.5. The van der Waals surface area contributed by atoms with Crippen molar-refractivity contribution in [3.63, 3.8) is 0 Å². The van der Waals surface area contributed by atoms with E-state index in [1.54, 1.807) is 37.3 Å². The molecule has 2 aliphatic rings. The third-order valence-corrected chi connectivity index (χ3v) is 8.22. The fraction of sp³-hybridized carbons (Fsp3) is 0.167. The van der Waals surface area contributed by atoms with Crippen molar-refractivity contribution < 1.29 is 24.0 Å². The van der Waals surface area contributed by atoms with Crippen molar-refractivity contribution in [2.75, 3.05) is 24.4 Å². The lowest BCUT2D eigenvalue weighted by Gasteiger charge is -2.34. The summed E-state index contributed by atoms with van der Waals surface area (Å²) in [7, 11) is 3.14. The molecule has 2 atom stereocenters. The van der Waals surface area contributed by atoms with Crippen LogP contribution in [-0.2, 0) is 9.59 Å². The molecule has 6 rings (SSSR count). The van der Waals surface area contributed by atoms with E-state index in [-0.39, 0.29) is 29.7 Å². The predicted molar refractivity (Wildman–Crippen MR) is 172 cm³/mol. The van der Waals surface area contributed by atoms with Gasteiger partial charge in [-0.3, -0.25) is 24.6 Å². The van der Waals surface area contributed by atoms with Crippen LogP contribution in [-0.4, -0.2) is 30.8 Å². The molecule has 0 aromatic heterocycles. The summed E-state index contributed by atoms with van der Waals surface area (Å²) in [5, 5.41) is 15.3. The number of allylic oxidation sites excluding steroid dienone is 1. The zero-order valence-electron chi connectivity index (χ0n) is 24.8. The van der Waals surface area contributed by atoms with Gasteiger partial charge in [-0.1, -0.05) is 60.7 Å². The molecule has 0 unspecified atom stereocenters. The molecule has 1 heterocycles. The largest absolute Gasteiger partial charge is 0.493 e. The number of non-ortho nitro benzene ring substituents is 1. The summed E-state index contributed by atoms with van der Waals surface area (Å²) in [6.07, 6.45) is 3.85. The van der Waals surface area contributed by atoms with Gasteiger partial charge in [-0.25, -0.2) is 0 Å². The molecule has 4 aromatic rings. The van der Waals surface area contributed by atoms with Gasteiger partial charge in [0.15, 0.2) is 17.3 Å². The van der Waals surface area contributed by atoms with Gasteiger partial charge in [0.05, 0.1) is 36.6 Å². The van der Waals surface area contributed by atoms with Crippen LogP contribution in [0.3, 0.4) is 0 Å². The van der Waals surface area contributed by atoms with Crippen LogP contribution in [0, 0.1) is 10.1 Å². The van der Waals surface area contributed by atoms with Crippen molar-refractivity contribution in [2.24, 2.45) is 0 Å². The van der Waals surface area contributed by atoms with E-state index < -0.39 is 11.0 Å². The Labute approximate surface area is 260 Å². The minimum Gasteiger partial charge on any atom is -0.493 e. The molecular weight excluding hydrogens is 570 g/mol. The van der Waals surface area contributed by atoms with E-state index >= 15 is 0 Å². The number of anilines is 2. The van der Waals surface area contributed by atoms with Crippen LogP contribution in [0.2, 0.25) is 0 Å². The highest BCUT2D eigenvalue weighted by Crippen LogP contribution is 2.48. The highest BCUT2D eigenvalue weighted by atomic mass is 16.6. The van der Waals surface area contributed by atoms with Gasteiger partial charge < -0.3 is 14.8 Å². The molecule has 0 radical (unpaired) electrons. The SMILES string of the molecule is COc1ccc([C@@H]2CC(=O)C3=C(C2)Nc2ccccc2N(C(=O)/C=C/c2ccccc2)[C@@H]3c2cccc([N+](=O)[O-])c2)cc1OC. The maximum absolute atomic E-state index is 14.3. The summed E-state index contributed by atoms with van der Waals surface area (Å²) in [5.41, 5.74) is 4.38. The molecule has 1 N–H and O–H groups in total. The van der Waals surface area contributed by atoms with E-state index in [2.05, 4.69) is 5.32 Å². The average Bonchev–Trinajstić information content (AvgIpc) is 3.22. The molecule has 0 spiro atoms. The van der Waals surface area contributed by atoms with Crippen molar-refractivity contribution in [3.05, 3.63) is 141 Å². The fourth-order valence-electron chi connectivity index (χ4n) is 6.11. The first-order valence-corrected chi connectivity index (χ1v) is 14.5. The van der Waals surface area contributed by atoms with Crippen molar-refractivity contribution >= 4 is 34.8 Å². The molecule has 9 nitrogen and oxygen atoms in total. The van der Waals surface area contributed by atoms with E-state index in [0.717, 1.165) is 11.1 Å². The van der Waals surface area contributed by atoms with Crippen molar-refractivity contribution in [1.29, 1.82) is 0 Å². The van der Waals surface area contributed by atoms with E-state index in [4.69, 9.17) is 9.47 Å². The number of hydrogen-bond donors (Lipinski definition) is 1. The second-order valence-electron chi connectivity index (χ2n) is 10.9. The maximum Gasteiger partial charge on any atom is 0.269 e. The van der Waals surface area contributed by atoms with Crippen molar-refractivity contribution in [2.45, 2.75) is 24.8 Å². The number of nitro groups is 1. The van der Waals surface area contributed by atoms with Gasteiger partial charge in [0.25, 0.3) is 11.6 Å². The normalized spacial score (nSPS) is 17.6. The Morgan fingerprint density at radius 3 is 2.40 bits per heavy atom. The lowest BCUT2D eigenvalue weighted by Crippen LogP contribution is -2.37. The highest BCUT2D eigenvalue weighted by molar-refractivity contribution is 6.10. The lowest BCUT2D eigenvalue weighted by molar-refractivity contribution is -0.384. The predicted octanol–water partition coefficient (Wildman–Crippen LogP) is 7.23. The van der Waals surface area contributed by atoms with E-state index in [9.17, 15) is 19.7 Å². The number of carbonyl (C=O) groups excluding carboxylic acids is 2. The van der Waals surface area contributed by atoms with Crippen LogP contribution < -0.4 is 19.7 Å². The molecule has 9 heteroatoms. The number of hydrogen-bond acceptors (Lipinski definition) is 7. The number of nitrogens with zero attached hydrogens (tertiary/aromatic N) is 2. The first-order chi connectivity index (χ1) is 21.9. The number of amides is 1. The zero-order chi connectivity index (χ0) is 31.5. The molecule has 0 bridgehead atoms. The van der Waals surface area contributed by atoms with Crippen LogP contribution >= 0.6 is 0 Å². The number of rotatable bonds is 7. The number of para-hydroxylation sites is 2. The van der Waals surface area contributed by atoms with E-state index in [0.29, 0.717) is 46.1 Å². The van der Waals surface area contributed by atoms with Crippen molar-refractivity contribution in [1.82, 2.24) is 0 Å². The number of carbonyl (C=O) groups is 2. The molecule has 1 aliphatic heterocycles. The number of methoxy groups -OCH3 is 2. The Balaban J connectivity index is 1.51. The third-order valence-electron chi connectivity index (χ3n) is 8.22. The Kier molecular flexibility index (Phi) is 8.16. The molecule has 1 aliphatic carbocycles. The standard InChI is InChI=1S/C36H31N3O6/c1-44-32-17-16-24(22-33(32)45-2)26-20-29-35(31(40)21-26)36(25-11-8-12-27(19-25)39(42)43)38(30-14-7-6-13-28(30)37-29)34(41)18-15-23-9-4-3-5-10-23/h3-19,22,26,36-37H,20-21H2,1-2H3/b18-15+/t26-,36+/m0/s1. The number of benzene rings is 4. The Morgan fingerprint density at radius 2 is 1.64 bits per heavy atom. The number of ketones is 1. The highest BCUT2D eigenvalue weighted by Gasteiger charge is 2.41. The summed E-state index contributed by atoms with van der Waals surface area (Å²) >= 11 is 0. The van der Waals surface area contributed by atoms with Gasteiger partial charge in [0.2, 0.25) is 0 Å². The van der Waals surface area contributed by atoms with Crippen LogP contribution in [0.15, 0.2) is 114 Å². The maximum atomic E-state index is 14.3. The summed E-state index contributed by atoms with van der Waals surface area (Å²) in [4.78, 5) is 41.4. The Hall–Kier alpha value is -5.70. The third kappa shape index (κ3) is 5.80. The first-order valence-electron chi connectivity index (χ1n) is 14.5. The van der Waals surface area contributed by atoms with Gasteiger partial charge in [-0.2, -0.15) is 0 Å². The van der Waals surface area contributed by atoms with Gasteiger partial charge in [-0.15, -0.1) is 0 Å². The minimum absolute atomic E-state index is 0.126. The van der Waals surface area contributed by atoms with E-state index in [1.165, 1.54) is 18.2 Å². The number of nitro benzene ring substituents is 1. The molecule has 226 valence electrons.